The number of imidazole rings is 1. The number of carbonyl (C=O) groups is 1. The highest BCUT2D eigenvalue weighted by Gasteiger charge is 2.19. The van der Waals surface area contributed by atoms with Crippen molar-refractivity contribution in [1.82, 2.24) is 19.5 Å². The molecule has 0 spiro atoms. The lowest BCUT2D eigenvalue weighted by atomic mass is 10.2. The molecule has 0 saturated carbocycles. The Balaban J connectivity index is 2.41. The molecule has 0 bridgehead atoms. The van der Waals surface area contributed by atoms with Crippen molar-refractivity contribution in [2.75, 3.05) is 0 Å². The number of halogens is 1. The van der Waals surface area contributed by atoms with Gasteiger partial charge in [0.15, 0.2) is 17.2 Å². The van der Waals surface area contributed by atoms with E-state index < -0.39 is 17.4 Å². The summed E-state index contributed by atoms with van der Waals surface area (Å²) in [5.41, 5.74) is 5.23. The first-order valence-electron chi connectivity index (χ1n) is 6.58. The van der Waals surface area contributed by atoms with Gasteiger partial charge in [-0.1, -0.05) is 12.1 Å². The van der Waals surface area contributed by atoms with Crippen LogP contribution in [0.1, 0.15) is 17.4 Å². The van der Waals surface area contributed by atoms with Gasteiger partial charge in [-0.3, -0.25) is 9.36 Å². The molecule has 0 atom stereocenters. The van der Waals surface area contributed by atoms with Crippen LogP contribution in [-0.2, 0) is 6.54 Å². The van der Waals surface area contributed by atoms with Crippen molar-refractivity contribution in [3.05, 3.63) is 46.3 Å². The molecular weight excluding hydrogens is 289 g/mol. The quantitative estimate of drug-likeness (QED) is 0.753. The highest BCUT2D eigenvalue weighted by Crippen LogP contribution is 2.22. The van der Waals surface area contributed by atoms with Crippen LogP contribution in [0.4, 0.5) is 4.39 Å². The lowest BCUT2D eigenvalue weighted by Crippen LogP contribution is -2.16. The van der Waals surface area contributed by atoms with Crippen LogP contribution in [0.15, 0.2) is 29.1 Å². The third kappa shape index (κ3) is 2.05. The summed E-state index contributed by atoms with van der Waals surface area (Å²) in [5, 5.41) is 0. The molecule has 0 aliphatic carbocycles. The normalized spacial score (nSPS) is 11.0. The van der Waals surface area contributed by atoms with E-state index in [1.165, 1.54) is 22.8 Å². The van der Waals surface area contributed by atoms with Gasteiger partial charge in [0.25, 0.3) is 5.91 Å². The number of aryl methyl sites for hydroxylation is 1. The molecule has 3 aromatic rings. The Hall–Kier alpha value is -3.03. The minimum Gasteiger partial charge on any atom is -0.364 e. The number of amides is 1. The summed E-state index contributed by atoms with van der Waals surface area (Å²) in [5.74, 6) is -1.35. The number of aromatic amines is 1. The third-order valence-electron chi connectivity index (χ3n) is 3.29. The molecule has 0 saturated heterocycles. The van der Waals surface area contributed by atoms with E-state index in [1.54, 1.807) is 13.0 Å². The van der Waals surface area contributed by atoms with Crippen molar-refractivity contribution in [3.63, 3.8) is 0 Å². The lowest BCUT2D eigenvalue weighted by molar-refractivity contribution is 0.0997. The van der Waals surface area contributed by atoms with E-state index in [0.29, 0.717) is 6.54 Å². The zero-order chi connectivity index (χ0) is 15.9. The van der Waals surface area contributed by atoms with Gasteiger partial charge < -0.3 is 10.7 Å². The molecule has 7 nitrogen and oxygen atoms in total. The monoisotopic (exact) mass is 301 g/mol. The summed E-state index contributed by atoms with van der Waals surface area (Å²) in [7, 11) is 0. The van der Waals surface area contributed by atoms with Crippen LogP contribution in [0.3, 0.4) is 0 Å². The van der Waals surface area contributed by atoms with Crippen LogP contribution < -0.4 is 11.4 Å². The summed E-state index contributed by atoms with van der Waals surface area (Å²) >= 11 is 0. The summed E-state index contributed by atoms with van der Waals surface area (Å²) < 4.78 is 15.3. The third-order valence-corrected chi connectivity index (χ3v) is 3.29. The number of aromatic nitrogens is 4. The summed E-state index contributed by atoms with van der Waals surface area (Å²) in [6, 6.07) is 5.91. The van der Waals surface area contributed by atoms with Gasteiger partial charge >= 0.3 is 5.69 Å². The van der Waals surface area contributed by atoms with Crippen LogP contribution >= 0.6 is 0 Å². The summed E-state index contributed by atoms with van der Waals surface area (Å²) in [6.45, 7) is 2.09. The Morgan fingerprint density at radius 2 is 2.09 bits per heavy atom. The predicted molar refractivity (Wildman–Crippen MR) is 77.7 cm³/mol. The second kappa shape index (κ2) is 5.06. The number of primary amides is 1. The van der Waals surface area contributed by atoms with Gasteiger partial charge in [0.2, 0.25) is 0 Å². The van der Waals surface area contributed by atoms with Crippen molar-refractivity contribution in [1.29, 1.82) is 0 Å². The van der Waals surface area contributed by atoms with E-state index >= 15 is 0 Å². The van der Waals surface area contributed by atoms with E-state index in [4.69, 9.17) is 5.73 Å². The molecule has 0 aliphatic rings. The topological polar surface area (TPSA) is 107 Å². The molecule has 2 heterocycles. The van der Waals surface area contributed by atoms with E-state index in [1.807, 2.05) is 0 Å². The van der Waals surface area contributed by atoms with E-state index in [-0.39, 0.29) is 28.2 Å². The van der Waals surface area contributed by atoms with Crippen LogP contribution in [0, 0.1) is 5.82 Å². The van der Waals surface area contributed by atoms with Gasteiger partial charge in [-0.25, -0.2) is 19.2 Å². The maximum absolute atomic E-state index is 13.9. The van der Waals surface area contributed by atoms with Crippen molar-refractivity contribution in [2.45, 2.75) is 13.5 Å². The average molecular weight is 301 g/mol. The molecule has 1 aromatic carbocycles. The Bertz CT molecular complexity index is 944. The molecular formula is C14H12FN5O2. The summed E-state index contributed by atoms with van der Waals surface area (Å²) in [4.78, 5) is 34.2. The van der Waals surface area contributed by atoms with Crippen LogP contribution in [-0.4, -0.2) is 25.4 Å². The first kappa shape index (κ1) is 13.9. The van der Waals surface area contributed by atoms with E-state index in [2.05, 4.69) is 15.0 Å². The molecule has 3 N–H and O–H groups in total. The fourth-order valence-corrected chi connectivity index (χ4v) is 2.26. The Kier molecular flexibility index (Phi) is 3.21. The Labute approximate surface area is 123 Å². The molecule has 0 radical (unpaired) electrons. The average Bonchev–Trinajstić information content (AvgIpc) is 2.81. The number of hydrogen-bond acceptors (Lipinski definition) is 4. The van der Waals surface area contributed by atoms with E-state index in [0.717, 1.165) is 0 Å². The SMILES string of the molecule is CCn1c(=O)[nH]c2c(C(N)=O)nc(-c3ccccc3F)nc21. The number of carbonyl (C=O) groups excluding carboxylic acids is 1. The molecule has 3 rings (SSSR count). The first-order valence-corrected chi connectivity index (χ1v) is 6.58. The lowest BCUT2D eigenvalue weighted by Gasteiger charge is -2.05. The molecule has 0 aliphatic heterocycles. The highest BCUT2D eigenvalue weighted by atomic mass is 19.1. The molecule has 2 aromatic heterocycles. The molecule has 1 amide bonds. The number of H-pyrrole nitrogens is 1. The molecule has 112 valence electrons. The number of rotatable bonds is 3. The number of nitrogens with zero attached hydrogens (tertiary/aromatic N) is 3. The van der Waals surface area contributed by atoms with Gasteiger partial charge in [0, 0.05) is 6.54 Å². The highest BCUT2D eigenvalue weighted by molar-refractivity contribution is 6.01. The van der Waals surface area contributed by atoms with Gasteiger partial charge in [-0.2, -0.15) is 0 Å². The van der Waals surface area contributed by atoms with Gasteiger partial charge in [-0.05, 0) is 19.1 Å². The van der Waals surface area contributed by atoms with Crippen LogP contribution in [0.5, 0.6) is 0 Å². The summed E-state index contributed by atoms with van der Waals surface area (Å²) in [6.07, 6.45) is 0. The predicted octanol–water partition coefficient (Wildman–Crippen LogP) is 1.04. The van der Waals surface area contributed by atoms with Gasteiger partial charge in [-0.15, -0.1) is 0 Å². The Morgan fingerprint density at radius 3 is 2.73 bits per heavy atom. The number of nitrogens with one attached hydrogen (secondary N) is 1. The molecule has 0 unspecified atom stereocenters. The first-order chi connectivity index (χ1) is 10.5. The Morgan fingerprint density at radius 1 is 1.36 bits per heavy atom. The van der Waals surface area contributed by atoms with Crippen LogP contribution in [0.25, 0.3) is 22.6 Å². The smallest absolute Gasteiger partial charge is 0.327 e. The maximum atomic E-state index is 13.9. The van der Waals surface area contributed by atoms with Crippen molar-refractivity contribution in [3.8, 4) is 11.4 Å². The zero-order valence-corrected chi connectivity index (χ0v) is 11.6. The number of nitrogens with two attached hydrogens (primary N) is 1. The van der Waals surface area contributed by atoms with Gasteiger partial charge in [0.05, 0.1) is 5.56 Å². The number of hydrogen-bond donors (Lipinski definition) is 2. The van der Waals surface area contributed by atoms with Crippen molar-refractivity contribution in [2.24, 2.45) is 5.73 Å². The minimum absolute atomic E-state index is 0.000556. The maximum Gasteiger partial charge on any atom is 0.327 e. The second-order valence-corrected chi connectivity index (χ2v) is 4.61. The molecule has 0 fully saturated rings. The van der Waals surface area contributed by atoms with Crippen molar-refractivity contribution >= 4 is 17.1 Å². The second-order valence-electron chi connectivity index (χ2n) is 4.61. The fraction of sp³-hybridized carbons (Fsp3) is 0.143. The van der Waals surface area contributed by atoms with Crippen LogP contribution in [0.2, 0.25) is 0 Å². The fourth-order valence-electron chi connectivity index (χ4n) is 2.26. The number of benzene rings is 1. The largest absolute Gasteiger partial charge is 0.364 e. The van der Waals surface area contributed by atoms with Crippen molar-refractivity contribution < 1.29 is 9.18 Å². The molecule has 22 heavy (non-hydrogen) atoms. The molecule has 8 heteroatoms. The standard InChI is InChI=1S/C14H12FN5O2/c1-2-20-13-10(18-14(20)22)9(11(16)21)17-12(19-13)7-5-3-4-6-8(7)15/h3-6H,2H2,1H3,(H2,16,21)(H,18,22). The minimum atomic E-state index is -0.825. The number of fused-ring (bicyclic) bond motifs is 1. The van der Waals surface area contributed by atoms with Gasteiger partial charge in [0.1, 0.15) is 11.3 Å². The van der Waals surface area contributed by atoms with E-state index in [9.17, 15) is 14.0 Å². The zero-order valence-electron chi connectivity index (χ0n) is 11.6.